The number of hydrogen-bond acceptors (Lipinski definition) is 5. The van der Waals surface area contributed by atoms with E-state index in [-0.39, 0.29) is 18.0 Å². The molecule has 0 fully saturated rings. The molecule has 1 aromatic rings. The molecule has 0 heterocycles. The van der Waals surface area contributed by atoms with Crippen molar-refractivity contribution in [2.24, 2.45) is 5.73 Å². The van der Waals surface area contributed by atoms with Crippen molar-refractivity contribution in [2.45, 2.75) is 18.8 Å². The van der Waals surface area contributed by atoms with Crippen molar-refractivity contribution < 1.29 is 27.4 Å². The van der Waals surface area contributed by atoms with E-state index < -0.39 is 17.8 Å². The lowest BCUT2D eigenvalue weighted by molar-refractivity contribution is -0.199. The highest BCUT2D eigenvalue weighted by atomic mass is 19.4. The molecule has 112 valence electrons. The molecule has 0 saturated heterocycles. The summed E-state index contributed by atoms with van der Waals surface area (Å²) in [5.74, 6) is -1.49. The minimum atomic E-state index is -5.04. The summed E-state index contributed by atoms with van der Waals surface area (Å²) in [6, 6.07) is 5.79. The third kappa shape index (κ3) is 3.13. The zero-order chi connectivity index (χ0) is 15.4. The molecule has 0 bridgehead atoms. The van der Waals surface area contributed by atoms with Crippen molar-refractivity contribution in [1.29, 1.82) is 0 Å². The lowest BCUT2D eigenvalue weighted by Gasteiger charge is -2.31. The van der Waals surface area contributed by atoms with Crippen molar-refractivity contribution in [2.75, 3.05) is 19.0 Å². The monoisotopic (exact) mass is 292 g/mol. The smallest absolute Gasteiger partial charge is 0.436 e. The molecule has 5 nitrogen and oxygen atoms in total. The number of alkyl halides is 3. The van der Waals surface area contributed by atoms with Gasteiger partial charge in [-0.2, -0.15) is 13.2 Å². The maximum atomic E-state index is 13.1. The minimum absolute atomic E-state index is 0.0668. The molecule has 1 atom stereocenters. The van der Waals surface area contributed by atoms with Crippen molar-refractivity contribution in [3.8, 4) is 5.75 Å². The molecule has 0 amide bonds. The first-order valence-corrected chi connectivity index (χ1v) is 5.70. The van der Waals surface area contributed by atoms with Gasteiger partial charge < -0.3 is 14.8 Å². The highest BCUT2D eigenvalue weighted by Crippen LogP contribution is 2.34. The number of carbonyl (C=O) groups excluding carboxylic acids is 1. The van der Waals surface area contributed by atoms with Gasteiger partial charge in [-0.25, -0.2) is 4.79 Å². The molecule has 0 saturated carbocycles. The number of ether oxygens (including phenoxy) is 2. The van der Waals surface area contributed by atoms with Crippen LogP contribution >= 0.6 is 0 Å². The van der Waals surface area contributed by atoms with Crippen LogP contribution in [0.25, 0.3) is 0 Å². The highest BCUT2D eigenvalue weighted by molar-refractivity contribution is 5.85. The fourth-order valence-electron chi connectivity index (χ4n) is 1.44. The van der Waals surface area contributed by atoms with E-state index in [9.17, 15) is 18.0 Å². The van der Waals surface area contributed by atoms with Crippen molar-refractivity contribution in [3.05, 3.63) is 24.3 Å². The second kappa shape index (κ2) is 6.00. The number of esters is 1. The van der Waals surface area contributed by atoms with E-state index in [0.29, 0.717) is 0 Å². The van der Waals surface area contributed by atoms with E-state index >= 15 is 0 Å². The molecule has 0 aliphatic heterocycles. The Labute approximate surface area is 113 Å². The lowest BCUT2D eigenvalue weighted by atomic mass is 10.1. The topological polar surface area (TPSA) is 73.6 Å². The average Bonchev–Trinajstić information content (AvgIpc) is 2.38. The van der Waals surface area contributed by atoms with Gasteiger partial charge in [-0.05, 0) is 19.1 Å². The third-order valence-electron chi connectivity index (χ3n) is 2.48. The van der Waals surface area contributed by atoms with E-state index in [4.69, 9.17) is 10.5 Å². The maximum absolute atomic E-state index is 13.1. The maximum Gasteiger partial charge on any atom is 0.436 e. The van der Waals surface area contributed by atoms with Crippen LogP contribution in [-0.4, -0.2) is 31.5 Å². The largest absolute Gasteiger partial charge is 0.495 e. The Morgan fingerprint density at radius 1 is 1.35 bits per heavy atom. The Kier molecular flexibility index (Phi) is 4.83. The fraction of sp³-hybridized carbons (Fsp3) is 0.417. The summed E-state index contributed by atoms with van der Waals surface area (Å²) in [7, 11) is 1.29. The first-order valence-electron chi connectivity index (χ1n) is 5.70. The van der Waals surface area contributed by atoms with Gasteiger partial charge in [0.05, 0.1) is 19.4 Å². The average molecular weight is 292 g/mol. The summed E-state index contributed by atoms with van der Waals surface area (Å²) in [4.78, 5) is 11.5. The molecular weight excluding hydrogens is 277 g/mol. The van der Waals surface area contributed by atoms with E-state index in [1.54, 1.807) is 6.07 Å². The zero-order valence-corrected chi connectivity index (χ0v) is 11.0. The predicted octanol–water partition coefficient (Wildman–Crippen LogP) is 1.89. The summed E-state index contributed by atoms with van der Waals surface area (Å²) < 4.78 is 48.5. The Morgan fingerprint density at radius 2 is 1.95 bits per heavy atom. The van der Waals surface area contributed by atoms with Crippen molar-refractivity contribution in [3.63, 3.8) is 0 Å². The molecule has 8 heteroatoms. The van der Waals surface area contributed by atoms with Gasteiger partial charge in [-0.15, -0.1) is 0 Å². The summed E-state index contributed by atoms with van der Waals surface area (Å²) in [6.45, 7) is 1.17. The number of hydrogen-bond donors (Lipinski definition) is 2. The summed E-state index contributed by atoms with van der Waals surface area (Å²) in [6.07, 6.45) is -5.04. The van der Waals surface area contributed by atoms with Gasteiger partial charge in [0, 0.05) is 0 Å². The van der Waals surface area contributed by atoms with E-state index in [1.165, 1.54) is 32.2 Å². The molecular formula is C12H15F3N2O3. The number of carbonyl (C=O) groups is 1. The molecule has 20 heavy (non-hydrogen) atoms. The van der Waals surface area contributed by atoms with Gasteiger partial charge in [0.15, 0.2) is 0 Å². The molecule has 0 spiro atoms. The second-order valence-corrected chi connectivity index (χ2v) is 3.85. The Bertz CT molecular complexity index is 479. The predicted molar refractivity (Wildman–Crippen MR) is 66.2 cm³/mol. The minimum Gasteiger partial charge on any atom is -0.495 e. The number of nitrogens with one attached hydrogen (secondary N) is 1. The molecule has 0 aromatic heterocycles. The lowest BCUT2D eigenvalue weighted by Crippen LogP contribution is -2.65. The molecule has 0 radical (unpaired) electrons. The van der Waals surface area contributed by atoms with Crippen LogP contribution in [0, 0.1) is 0 Å². The van der Waals surface area contributed by atoms with Gasteiger partial charge in [-0.1, -0.05) is 12.1 Å². The van der Waals surface area contributed by atoms with Crippen LogP contribution in [-0.2, 0) is 9.53 Å². The van der Waals surface area contributed by atoms with Crippen LogP contribution in [0.5, 0.6) is 5.75 Å². The Morgan fingerprint density at radius 3 is 2.45 bits per heavy atom. The fourth-order valence-corrected chi connectivity index (χ4v) is 1.44. The van der Waals surface area contributed by atoms with E-state index in [1.807, 2.05) is 5.32 Å². The molecule has 1 unspecified atom stereocenters. The first kappa shape index (κ1) is 16.1. The van der Waals surface area contributed by atoms with E-state index in [0.717, 1.165) is 0 Å². The second-order valence-electron chi connectivity index (χ2n) is 3.85. The quantitative estimate of drug-likeness (QED) is 0.640. The number of para-hydroxylation sites is 2. The van der Waals surface area contributed by atoms with Crippen LogP contribution in [0.3, 0.4) is 0 Å². The number of halogens is 3. The molecule has 1 rings (SSSR count). The molecule has 0 aliphatic rings. The van der Waals surface area contributed by atoms with Crippen LogP contribution in [0.4, 0.5) is 18.9 Å². The number of methoxy groups -OCH3 is 1. The van der Waals surface area contributed by atoms with Crippen LogP contribution in [0.2, 0.25) is 0 Å². The normalized spacial score (nSPS) is 14.3. The van der Waals surface area contributed by atoms with Gasteiger partial charge in [0.2, 0.25) is 0 Å². The standard InChI is InChI=1S/C12H15F3N2O3/c1-3-20-10(18)11(16,12(13,14)15)17-8-6-4-5-7-9(8)19-2/h4-7,17H,3,16H2,1-2H3. The van der Waals surface area contributed by atoms with Gasteiger partial charge in [-0.3, -0.25) is 5.73 Å². The van der Waals surface area contributed by atoms with Crippen LogP contribution in [0.15, 0.2) is 24.3 Å². The van der Waals surface area contributed by atoms with Gasteiger partial charge >= 0.3 is 12.1 Å². The number of nitrogens with two attached hydrogens (primary N) is 1. The van der Waals surface area contributed by atoms with E-state index in [2.05, 4.69) is 4.74 Å². The number of rotatable bonds is 5. The highest BCUT2D eigenvalue weighted by Gasteiger charge is 2.59. The summed E-state index contributed by atoms with van der Waals surface area (Å²) >= 11 is 0. The van der Waals surface area contributed by atoms with Gasteiger partial charge in [0.1, 0.15) is 5.75 Å². The molecule has 0 aliphatic carbocycles. The summed E-state index contributed by atoms with van der Waals surface area (Å²) in [5, 5.41) is 1.95. The van der Waals surface area contributed by atoms with Crippen LogP contribution in [0.1, 0.15) is 6.92 Å². The Balaban J connectivity index is 3.17. The number of benzene rings is 1. The molecule has 1 aromatic carbocycles. The SMILES string of the molecule is CCOC(=O)C(N)(Nc1ccccc1OC)C(F)(F)F. The molecule has 3 N–H and O–H groups in total. The number of anilines is 1. The Hall–Kier alpha value is -1.96. The van der Waals surface area contributed by atoms with Crippen molar-refractivity contribution in [1.82, 2.24) is 0 Å². The first-order chi connectivity index (χ1) is 9.26. The van der Waals surface area contributed by atoms with Crippen molar-refractivity contribution >= 4 is 11.7 Å². The zero-order valence-electron chi connectivity index (χ0n) is 11.0. The van der Waals surface area contributed by atoms with Gasteiger partial charge in [0.25, 0.3) is 5.66 Å². The third-order valence-corrected chi connectivity index (χ3v) is 2.48. The summed E-state index contributed by atoms with van der Waals surface area (Å²) in [5.41, 5.74) is 1.78. The van der Waals surface area contributed by atoms with Crippen LogP contribution < -0.4 is 15.8 Å².